The van der Waals surface area contributed by atoms with Gasteiger partial charge in [-0.15, -0.1) is 11.3 Å². The van der Waals surface area contributed by atoms with Gasteiger partial charge in [0.05, 0.1) is 29.0 Å². The van der Waals surface area contributed by atoms with Crippen molar-refractivity contribution < 1.29 is 32.0 Å². The van der Waals surface area contributed by atoms with Gasteiger partial charge in [0.1, 0.15) is 4.88 Å². The quantitative estimate of drug-likeness (QED) is 0.236. The van der Waals surface area contributed by atoms with Crippen LogP contribution < -0.4 is 14.5 Å². The number of benzene rings is 2. The molecule has 174 valence electrons. The summed E-state index contributed by atoms with van der Waals surface area (Å²) in [6, 6.07) is 13.4. The number of ether oxygens (including phenoxy) is 2. The fourth-order valence-corrected chi connectivity index (χ4v) is 4.27. The summed E-state index contributed by atoms with van der Waals surface area (Å²) in [5.41, 5.74) is 1.74. The lowest BCUT2D eigenvalue weighted by Gasteiger charge is -2.12. The number of thiophene rings is 1. The van der Waals surface area contributed by atoms with Crippen LogP contribution >= 0.6 is 11.3 Å². The van der Waals surface area contributed by atoms with Gasteiger partial charge >= 0.3 is 5.97 Å². The van der Waals surface area contributed by atoms with Gasteiger partial charge in [0.25, 0.3) is 16.0 Å². The maximum Gasteiger partial charge on any atom is 0.353 e. The van der Waals surface area contributed by atoms with Crippen molar-refractivity contribution in [1.82, 2.24) is 0 Å². The molecular formula is C23H18N2O7S2. The van der Waals surface area contributed by atoms with E-state index in [0.29, 0.717) is 33.2 Å². The average molecular weight is 499 g/mol. The third-order valence-electron chi connectivity index (χ3n) is 4.87. The molecule has 1 aliphatic heterocycles. The highest BCUT2D eigenvalue weighted by atomic mass is 32.2. The van der Waals surface area contributed by atoms with Gasteiger partial charge in [-0.2, -0.15) is 18.5 Å². The molecule has 34 heavy (non-hydrogen) atoms. The minimum atomic E-state index is -4.34. The van der Waals surface area contributed by atoms with E-state index in [9.17, 15) is 18.0 Å². The van der Waals surface area contributed by atoms with E-state index in [4.69, 9.17) is 14.0 Å². The molecule has 0 radical (unpaired) electrons. The van der Waals surface area contributed by atoms with Crippen LogP contribution in [0.25, 0.3) is 6.08 Å². The third-order valence-corrected chi connectivity index (χ3v) is 6.58. The predicted molar refractivity (Wildman–Crippen MR) is 127 cm³/mol. The molecule has 11 heteroatoms. The summed E-state index contributed by atoms with van der Waals surface area (Å²) >= 11 is 1.27. The van der Waals surface area contributed by atoms with Gasteiger partial charge in [-0.3, -0.25) is 9.35 Å². The van der Waals surface area contributed by atoms with Gasteiger partial charge in [0.2, 0.25) is 0 Å². The number of nitrogens with zero attached hydrogens (tertiary/aromatic N) is 2. The van der Waals surface area contributed by atoms with Crippen LogP contribution in [0.15, 0.2) is 75.5 Å². The first-order valence-corrected chi connectivity index (χ1v) is 12.1. The fraction of sp³-hybridized carbons (Fsp3) is 0.0870. The van der Waals surface area contributed by atoms with Gasteiger partial charge in [-0.05, 0) is 66.4 Å². The molecule has 1 N–H and O–H groups in total. The summed E-state index contributed by atoms with van der Waals surface area (Å²) in [4.78, 5) is 25.4. The number of hydrazone groups is 1. The lowest BCUT2D eigenvalue weighted by molar-refractivity contribution is -0.114. The van der Waals surface area contributed by atoms with Crippen LogP contribution in [0.4, 0.5) is 5.69 Å². The van der Waals surface area contributed by atoms with E-state index in [-0.39, 0.29) is 10.6 Å². The lowest BCUT2D eigenvalue weighted by Crippen LogP contribution is -2.21. The molecule has 0 spiro atoms. The van der Waals surface area contributed by atoms with Gasteiger partial charge in [-0.1, -0.05) is 12.1 Å². The number of carbonyl (C=O) groups excluding carboxylic acids is 2. The molecule has 0 saturated carbocycles. The van der Waals surface area contributed by atoms with E-state index in [1.54, 1.807) is 48.7 Å². The maximum absolute atomic E-state index is 13.0. The second kappa shape index (κ2) is 9.21. The van der Waals surface area contributed by atoms with E-state index >= 15 is 0 Å². The first-order valence-electron chi connectivity index (χ1n) is 9.80. The Morgan fingerprint density at radius 3 is 2.47 bits per heavy atom. The molecule has 4 rings (SSSR count). The van der Waals surface area contributed by atoms with Crippen LogP contribution in [-0.2, 0) is 14.9 Å². The zero-order valence-corrected chi connectivity index (χ0v) is 19.6. The number of hydrogen-bond donors (Lipinski definition) is 1. The van der Waals surface area contributed by atoms with Crippen LogP contribution in [0.2, 0.25) is 0 Å². The maximum atomic E-state index is 13.0. The van der Waals surface area contributed by atoms with E-state index in [1.165, 1.54) is 42.7 Å². The monoisotopic (exact) mass is 498 g/mol. The zero-order chi connectivity index (χ0) is 24.5. The van der Waals surface area contributed by atoms with Crippen LogP contribution in [-0.4, -0.2) is 37.7 Å². The molecule has 0 bridgehead atoms. The third kappa shape index (κ3) is 4.76. The molecule has 0 unspecified atom stereocenters. The fourth-order valence-electron chi connectivity index (χ4n) is 3.19. The van der Waals surface area contributed by atoms with E-state index < -0.39 is 22.0 Å². The van der Waals surface area contributed by atoms with E-state index in [1.807, 2.05) is 0 Å². The second-order valence-corrected chi connectivity index (χ2v) is 9.48. The van der Waals surface area contributed by atoms with Gasteiger partial charge in [0, 0.05) is 0 Å². The normalized spacial score (nSPS) is 14.9. The summed E-state index contributed by atoms with van der Waals surface area (Å²) in [6.07, 6.45) is 1.63. The average Bonchev–Trinajstić information content (AvgIpc) is 3.44. The van der Waals surface area contributed by atoms with Crippen molar-refractivity contribution in [2.45, 2.75) is 11.8 Å². The predicted octanol–water partition coefficient (Wildman–Crippen LogP) is 4.03. The van der Waals surface area contributed by atoms with E-state index in [0.717, 1.165) is 5.01 Å². The number of rotatable bonds is 6. The van der Waals surface area contributed by atoms with Crippen molar-refractivity contribution in [2.75, 3.05) is 12.1 Å². The van der Waals surface area contributed by atoms with Crippen LogP contribution in [0.5, 0.6) is 11.5 Å². The molecule has 1 amide bonds. The van der Waals surface area contributed by atoms with Gasteiger partial charge in [-0.25, -0.2) is 4.79 Å². The smallest absolute Gasteiger partial charge is 0.353 e. The van der Waals surface area contributed by atoms with Crippen LogP contribution in [0, 0.1) is 0 Å². The zero-order valence-electron chi connectivity index (χ0n) is 18.0. The number of carbonyl (C=O) groups is 2. The summed E-state index contributed by atoms with van der Waals surface area (Å²) in [6.45, 7) is 1.67. The Morgan fingerprint density at radius 2 is 1.85 bits per heavy atom. The van der Waals surface area contributed by atoms with Crippen molar-refractivity contribution in [3.8, 4) is 11.5 Å². The lowest BCUT2D eigenvalue weighted by atomic mass is 10.1. The molecule has 1 aliphatic rings. The van der Waals surface area contributed by atoms with Crippen LogP contribution in [0.1, 0.15) is 22.2 Å². The summed E-state index contributed by atoms with van der Waals surface area (Å²) in [5, 5.41) is 7.18. The molecule has 9 nitrogen and oxygen atoms in total. The topological polar surface area (TPSA) is 123 Å². The molecular weight excluding hydrogens is 480 g/mol. The van der Waals surface area contributed by atoms with Crippen molar-refractivity contribution in [2.24, 2.45) is 5.10 Å². The Kier molecular flexibility index (Phi) is 6.33. The Balaban J connectivity index is 1.57. The van der Waals surface area contributed by atoms with Crippen molar-refractivity contribution in [3.05, 3.63) is 76.0 Å². The minimum absolute atomic E-state index is 0.242. The first-order chi connectivity index (χ1) is 16.2. The number of esters is 1. The highest BCUT2D eigenvalue weighted by molar-refractivity contribution is 7.85. The van der Waals surface area contributed by atoms with Crippen LogP contribution in [0.3, 0.4) is 0 Å². The number of anilines is 1. The SMILES string of the molecule is COc1cc(/C=C2\C(=O)N(c3ccc(S(=O)(=O)O)cc3)N=C2C)ccc1OC(=O)c1cccs1. The summed E-state index contributed by atoms with van der Waals surface area (Å²) in [5.74, 6) is -0.350. The molecule has 0 aliphatic carbocycles. The Hall–Kier alpha value is -3.80. The standard InChI is InChI=1S/C23H18N2O7S2/c1-14-18(22(26)25(24-14)16-6-8-17(9-7-16)34(28,29)30)12-15-5-10-19(20(13-15)31-2)32-23(27)21-4-3-11-33-21/h3-13H,1-2H3,(H,28,29,30)/b18-12-. The molecule has 0 atom stereocenters. The van der Waals surface area contributed by atoms with Crippen molar-refractivity contribution in [3.63, 3.8) is 0 Å². The van der Waals surface area contributed by atoms with Crippen molar-refractivity contribution in [1.29, 1.82) is 0 Å². The Bertz CT molecular complexity index is 1420. The number of methoxy groups -OCH3 is 1. The Morgan fingerprint density at radius 1 is 1.12 bits per heavy atom. The summed E-state index contributed by atoms with van der Waals surface area (Å²) in [7, 11) is -2.90. The highest BCUT2D eigenvalue weighted by Crippen LogP contribution is 2.31. The molecule has 2 aromatic carbocycles. The molecule has 0 saturated heterocycles. The van der Waals surface area contributed by atoms with Gasteiger partial charge < -0.3 is 9.47 Å². The molecule has 2 heterocycles. The van der Waals surface area contributed by atoms with E-state index in [2.05, 4.69) is 5.10 Å². The summed E-state index contributed by atoms with van der Waals surface area (Å²) < 4.78 is 42.4. The molecule has 0 fully saturated rings. The minimum Gasteiger partial charge on any atom is -0.493 e. The van der Waals surface area contributed by atoms with Crippen molar-refractivity contribution >= 4 is 50.8 Å². The first kappa shape index (κ1) is 23.4. The number of hydrogen-bond acceptors (Lipinski definition) is 8. The molecule has 1 aromatic heterocycles. The number of amides is 1. The largest absolute Gasteiger partial charge is 0.493 e. The second-order valence-electron chi connectivity index (χ2n) is 7.11. The Labute approximate surface area is 199 Å². The van der Waals surface area contributed by atoms with Gasteiger partial charge in [0.15, 0.2) is 11.5 Å². The highest BCUT2D eigenvalue weighted by Gasteiger charge is 2.29. The molecule has 3 aromatic rings.